The van der Waals surface area contributed by atoms with Gasteiger partial charge in [-0.3, -0.25) is 4.79 Å². The van der Waals surface area contributed by atoms with Gasteiger partial charge >= 0.3 is 0 Å². The van der Waals surface area contributed by atoms with Gasteiger partial charge in [0, 0.05) is 18.4 Å². The summed E-state index contributed by atoms with van der Waals surface area (Å²) in [6.07, 6.45) is 2.20. The molecule has 1 aromatic rings. The maximum Gasteiger partial charge on any atom is 0.257 e. The summed E-state index contributed by atoms with van der Waals surface area (Å²) < 4.78 is 26.7. The van der Waals surface area contributed by atoms with Crippen LogP contribution in [0, 0.1) is 11.6 Å². The Morgan fingerprint density at radius 3 is 2.56 bits per heavy atom. The summed E-state index contributed by atoms with van der Waals surface area (Å²) in [4.78, 5) is 11.8. The Morgan fingerprint density at radius 1 is 1.44 bits per heavy atom. The zero-order valence-corrected chi connectivity index (χ0v) is 10.8. The van der Waals surface area contributed by atoms with Crippen molar-refractivity contribution >= 4 is 17.7 Å². The summed E-state index contributed by atoms with van der Waals surface area (Å²) >= 11 is 1.48. The maximum absolute atomic E-state index is 13.4. The number of halogens is 2. The van der Waals surface area contributed by atoms with Gasteiger partial charge < -0.3 is 10.4 Å². The van der Waals surface area contributed by atoms with Gasteiger partial charge in [0.1, 0.15) is 17.2 Å². The molecule has 0 aliphatic heterocycles. The monoisotopic (exact) mass is 275 g/mol. The third kappa shape index (κ3) is 3.96. The van der Waals surface area contributed by atoms with Crippen LogP contribution >= 0.6 is 11.8 Å². The van der Waals surface area contributed by atoms with Gasteiger partial charge in [-0.15, -0.1) is 0 Å². The third-order valence-corrected chi connectivity index (χ3v) is 3.11. The number of rotatable bonds is 6. The van der Waals surface area contributed by atoms with E-state index >= 15 is 0 Å². The lowest BCUT2D eigenvalue weighted by Crippen LogP contribution is -2.38. The van der Waals surface area contributed by atoms with Crippen LogP contribution in [0.3, 0.4) is 0 Å². The SMILES string of the molecule is CSCC(CCO)NC(=O)c1c(F)cccc1F. The predicted octanol–water partition coefficient (Wildman–Crippen LogP) is 1.81. The lowest BCUT2D eigenvalue weighted by atomic mass is 10.1. The molecule has 0 fully saturated rings. The van der Waals surface area contributed by atoms with Crippen molar-refractivity contribution in [3.63, 3.8) is 0 Å². The normalized spacial score (nSPS) is 12.2. The fourth-order valence-electron chi connectivity index (χ4n) is 1.53. The number of thioether (sulfide) groups is 1. The van der Waals surface area contributed by atoms with E-state index in [0.717, 1.165) is 12.1 Å². The van der Waals surface area contributed by atoms with Crippen LogP contribution in [-0.2, 0) is 0 Å². The largest absolute Gasteiger partial charge is 0.396 e. The summed E-state index contributed by atoms with van der Waals surface area (Å²) in [6.45, 7) is -0.0920. The second-order valence-electron chi connectivity index (χ2n) is 3.73. The highest BCUT2D eigenvalue weighted by molar-refractivity contribution is 7.98. The first kappa shape index (κ1) is 14.9. The van der Waals surface area contributed by atoms with Crippen molar-refractivity contribution in [1.82, 2.24) is 5.32 Å². The number of nitrogens with one attached hydrogen (secondary N) is 1. The van der Waals surface area contributed by atoms with Crippen molar-refractivity contribution in [3.05, 3.63) is 35.4 Å². The molecule has 0 heterocycles. The molecule has 1 rings (SSSR count). The predicted molar refractivity (Wildman–Crippen MR) is 67.7 cm³/mol. The van der Waals surface area contributed by atoms with E-state index < -0.39 is 23.1 Å². The molecule has 0 saturated heterocycles. The van der Waals surface area contributed by atoms with Crippen LogP contribution in [-0.4, -0.2) is 35.7 Å². The van der Waals surface area contributed by atoms with Gasteiger partial charge in [-0.25, -0.2) is 8.78 Å². The second-order valence-corrected chi connectivity index (χ2v) is 4.65. The van der Waals surface area contributed by atoms with E-state index in [2.05, 4.69) is 5.32 Å². The molecule has 0 aromatic heterocycles. The molecule has 0 bridgehead atoms. The van der Waals surface area contributed by atoms with Crippen molar-refractivity contribution in [2.75, 3.05) is 18.6 Å². The summed E-state index contributed by atoms with van der Waals surface area (Å²) in [7, 11) is 0. The highest BCUT2D eigenvalue weighted by Crippen LogP contribution is 2.12. The summed E-state index contributed by atoms with van der Waals surface area (Å²) in [6, 6.07) is 2.96. The van der Waals surface area contributed by atoms with Crippen LogP contribution in [0.4, 0.5) is 8.78 Å². The fourth-order valence-corrected chi connectivity index (χ4v) is 2.18. The Bertz CT molecular complexity index is 389. The minimum absolute atomic E-state index is 0.0920. The van der Waals surface area contributed by atoms with Gasteiger partial charge in [-0.2, -0.15) is 11.8 Å². The zero-order valence-electron chi connectivity index (χ0n) is 9.95. The average Bonchev–Trinajstić information content (AvgIpc) is 2.29. The molecule has 2 N–H and O–H groups in total. The van der Waals surface area contributed by atoms with Crippen molar-refractivity contribution < 1.29 is 18.7 Å². The molecule has 1 aromatic carbocycles. The van der Waals surface area contributed by atoms with Gasteiger partial charge in [-0.1, -0.05) is 6.07 Å². The number of amides is 1. The zero-order chi connectivity index (χ0) is 13.5. The Hall–Kier alpha value is -1.14. The van der Waals surface area contributed by atoms with Crippen molar-refractivity contribution in [2.24, 2.45) is 0 Å². The van der Waals surface area contributed by atoms with Crippen LogP contribution in [0.25, 0.3) is 0 Å². The van der Waals surface area contributed by atoms with Gasteiger partial charge in [0.15, 0.2) is 0 Å². The number of carbonyl (C=O) groups is 1. The number of hydrogen-bond acceptors (Lipinski definition) is 3. The van der Waals surface area contributed by atoms with Crippen LogP contribution in [0.1, 0.15) is 16.8 Å². The van der Waals surface area contributed by atoms with Gasteiger partial charge in [-0.05, 0) is 24.8 Å². The number of aliphatic hydroxyl groups is 1. The van der Waals surface area contributed by atoms with E-state index in [9.17, 15) is 13.6 Å². The first-order chi connectivity index (χ1) is 8.60. The quantitative estimate of drug-likeness (QED) is 0.832. The van der Waals surface area contributed by atoms with Crippen LogP contribution in [0.5, 0.6) is 0 Å². The highest BCUT2D eigenvalue weighted by Gasteiger charge is 2.19. The Kier molecular flexibility index (Phi) is 6.07. The molecule has 1 unspecified atom stereocenters. The molecule has 1 amide bonds. The average molecular weight is 275 g/mol. The first-order valence-corrected chi connectivity index (χ1v) is 6.84. The summed E-state index contributed by atoms with van der Waals surface area (Å²) in [5, 5.41) is 11.4. The van der Waals surface area contributed by atoms with E-state index in [0.29, 0.717) is 12.2 Å². The second kappa shape index (κ2) is 7.33. The van der Waals surface area contributed by atoms with Gasteiger partial charge in [0.2, 0.25) is 0 Å². The van der Waals surface area contributed by atoms with Crippen molar-refractivity contribution in [2.45, 2.75) is 12.5 Å². The number of hydrogen-bond donors (Lipinski definition) is 2. The first-order valence-electron chi connectivity index (χ1n) is 5.44. The molecule has 0 aliphatic carbocycles. The molecule has 100 valence electrons. The van der Waals surface area contributed by atoms with E-state index in [1.54, 1.807) is 0 Å². The van der Waals surface area contributed by atoms with Crippen LogP contribution in [0.15, 0.2) is 18.2 Å². The lowest BCUT2D eigenvalue weighted by molar-refractivity contribution is 0.0927. The molecular weight excluding hydrogens is 260 g/mol. The Labute approximate surface area is 109 Å². The smallest absolute Gasteiger partial charge is 0.257 e. The number of carbonyl (C=O) groups excluding carboxylic acids is 1. The van der Waals surface area contributed by atoms with E-state index in [1.807, 2.05) is 6.26 Å². The standard InChI is InChI=1S/C12H15F2NO2S/c1-18-7-8(5-6-16)15-12(17)11-9(13)3-2-4-10(11)14/h2-4,8,16H,5-7H2,1H3,(H,15,17). The van der Waals surface area contributed by atoms with E-state index in [1.165, 1.54) is 17.8 Å². The van der Waals surface area contributed by atoms with Crippen LogP contribution < -0.4 is 5.32 Å². The fraction of sp³-hybridized carbons (Fsp3) is 0.417. The molecule has 0 aliphatic rings. The van der Waals surface area contributed by atoms with E-state index in [4.69, 9.17) is 5.11 Å². The molecule has 0 radical (unpaired) electrons. The molecule has 0 saturated carbocycles. The maximum atomic E-state index is 13.4. The molecule has 1 atom stereocenters. The third-order valence-electron chi connectivity index (χ3n) is 2.37. The molecular formula is C12H15F2NO2S. The molecule has 18 heavy (non-hydrogen) atoms. The minimum atomic E-state index is -0.889. The number of benzene rings is 1. The van der Waals surface area contributed by atoms with E-state index in [-0.39, 0.29) is 12.6 Å². The van der Waals surface area contributed by atoms with Gasteiger partial charge in [0.25, 0.3) is 5.91 Å². The van der Waals surface area contributed by atoms with Crippen molar-refractivity contribution in [3.8, 4) is 0 Å². The number of aliphatic hydroxyl groups excluding tert-OH is 1. The molecule has 0 spiro atoms. The van der Waals surface area contributed by atoms with Gasteiger partial charge in [0.05, 0.1) is 0 Å². The van der Waals surface area contributed by atoms with Crippen molar-refractivity contribution in [1.29, 1.82) is 0 Å². The lowest BCUT2D eigenvalue weighted by Gasteiger charge is -2.17. The molecule has 6 heteroatoms. The highest BCUT2D eigenvalue weighted by atomic mass is 32.2. The topological polar surface area (TPSA) is 49.3 Å². The summed E-state index contributed by atoms with van der Waals surface area (Å²) in [5.74, 6) is -2.00. The minimum Gasteiger partial charge on any atom is -0.396 e. The Morgan fingerprint density at radius 2 is 2.06 bits per heavy atom. The summed E-state index contributed by atoms with van der Waals surface area (Å²) in [5.41, 5.74) is -0.582. The molecule has 3 nitrogen and oxygen atoms in total. The Balaban J connectivity index is 2.80. The van der Waals surface area contributed by atoms with Crippen LogP contribution in [0.2, 0.25) is 0 Å².